The van der Waals surface area contributed by atoms with E-state index < -0.39 is 45.9 Å². The number of halogens is 5. The molecule has 2 aromatic heterocycles. The average Bonchev–Trinajstić information content (AvgIpc) is 3.28. The number of amides is 1. The molecule has 3 heterocycles. The van der Waals surface area contributed by atoms with Crippen molar-refractivity contribution in [2.24, 2.45) is 0 Å². The Morgan fingerprint density at radius 3 is 2.60 bits per heavy atom. The first-order chi connectivity index (χ1) is 16.3. The minimum atomic E-state index is -4.56. The van der Waals surface area contributed by atoms with Crippen molar-refractivity contribution in [3.63, 3.8) is 0 Å². The van der Waals surface area contributed by atoms with Crippen LogP contribution in [-0.2, 0) is 21.2 Å². The van der Waals surface area contributed by atoms with E-state index in [-0.39, 0.29) is 17.1 Å². The lowest BCUT2D eigenvalue weighted by atomic mass is 10.0. The van der Waals surface area contributed by atoms with Crippen LogP contribution in [0.3, 0.4) is 0 Å². The van der Waals surface area contributed by atoms with E-state index in [2.05, 4.69) is 15.0 Å². The van der Waals surface area contributed by atoms with Gasteiger partial charge in [-0.15, -0.1) is 11.3 Å². The second-order valence-electron chi connectivity index (χ2n) is 7.73. The van der Waals surface area contributed by atoms with E-state index in [0.717, 1.165) is 22.6 Å². The molecule has 3 aromatic rings. The molecule has 0 radical (unpaired) electrons. The SMILES string of the molecule is CN1C(C(=O)Nc2ccc(F)c(Cl)c2)CC(c2cc(-c3ccc(C(F)(F)F)nc3)cs2)NS1(=O)=O. The van der Waals surface area contributed by atoms with Gasteiger partial charge in [0.2, 0.25) is 5.91 Å². The van der Waals surface area contributed by atoms with Crippen LogP contribution < -0.4 is 10.0 Å². The zero-order chi connectivity index (χ0) is 25.5. The average molecular weight is 549 g/mol. The van der Waals surface area contributed by atoms with E-state index in [9.17, 15) is 30.8 Å². The minimum Gasteiger partial charge on any atom is -0.325 e. The number of likely N-dealkylation sites (N-methyl/N-ethyl adjacent to an activating group) is 1. The normalized spacial score (nSPS) is 20.5. The number of thiophene rings is 1. The van der Waals surface area contributed by atoms with Gasteiger partial charge in [0.25, 0.3) is 10.2 Å². The summed E-state index contributed by atoms with van der Waals surface area (Å²) in [4.78, 5) is 16.9. The predicted molar refractivity (Wildman–Crippen MR) is 124 cm³/mol. The number of alkyl halides is 3. The van der Waals surface area contributed by atoms with E-state index in [1.165, 1.54) is 36.6 Å². The molecule has 14 heteroatoms. The zero-order valence-electron chi connectivity index (χ0n) is 17.8. The fraction of sp³-hybridized carbons (Fsp3) is 0.238. The molecule has 1 saturated heterocycles. The third kappa shape index (κ3) is 5.48. The second kappa shape index (κ2) is 9.47. The van der Waals surface area contributed by atoms with Gasteiger partial charge in [-0.25, -0.2) is 4.39 Å². The molecule has 0 aliphatic carbocycles. The molecule has 2 unspecified atom stereocenters. The molecule has 1 aromatic carbocycles. The first-order valence-electron chi connectivity index (χ1n) is 9.98. The van der Waals surface area contributed by atoms with Crippen LogP contribution in [0.25, 0.3) is 11.1 Å². The Hall–Kier alpha value is -2.58. The van der Waals surface area contributed by atoms with Crippen molar-refractivity contribution in [3.8, 4) is 11.1 Å². The molecule has 1 fully saturated rings. The number of aromatic nitrogens is 1. The first kappa shape index (κ1) is 25.5. The summed E-state index contributed by atoms with van der Waals surface area (Å²) in [5, 5.41) is 4.02. The maximum absolute atomic E-state index is 13.4. The van der Waals surface area contributed by atoms with Crippen LogP contribution in [0.1, 0.15) is 23.0 Å². The lowest BCUT2D eigenvalue weighted by Gasteiger charge is -2.35. The maximum Gasteiger partial charge on any atom is 0.433 e. The molecular weight excluding hydrogens is 532 g/mol. The number of anilines is 1. The van der Waals surface area contributed by atoms with Crippen LogP contribution in [0.5, 0.6) is 0 Å². The summed E-state index contributed by atoms with van der Waals surface area (Å²) < 4.78 is 80.5. The van der Waals surface area contributed by atoms with Crippen LogP contribution >= 0.6 is 22.9 Å². The van der Waals surface area contributed by atoms with Gasteiger partial charge >= 0.3 is 6.18 Å². The minimum absolute atomic E-state index is 0.0711. The van der Waals surface area contributed by atoms with E-state index in [4.69, 9.17) is 11.6 Å². The number of hydrogen-bond donors (Lipinski definition) is 2. The summed E-state index contributed by atoms with van der Waals surface area (Å²) in [7, 11) is -2.77. The Kier molecular flexibility index (Phi) is 6.90. The third-order valence-corrected chi connectivity index (χ3v) is 8.34. The fourth-order valence-corrected chi connectivity index (χ4v) is 6.02. The number of carbonyl (C=O) groups is 1. The highest BCUT2D eigenvalue weighted by atomic mass is 35.5. The van der Waals surface area contributed by atoms with Crippen molar-refractivity contribution in [1.82, 2.24) is 14.0 Å². The molecule has 2 N–H and O–H groups in total. The smallest absolute Gasteiger partial charge is 0.325 e. The van der Waals surface area contributed by atoms with Crippen molar-refractivity contribution < 1.29 is 30.8 Å². The number of nitrogens with zero attached hydrogens (tertiary/aromatic N) is 2. The van der Waals surface area contributed by atoms with E-state index in [0.29, 0.717) is 16.0 Å². The van der Waals surface area contributed by atoms with Crippen molar-refractivity contribution >= 4 is 44.7 Å². The van der Waals surface area contributed by atoms with Crippen LogP contribution in [0.2, 0.25) is 5.02 Å². The maximum atomic E-state index is 13.4. The quantitative estimate of drug-likeness (QED) is 0.457. The van der Waals surface area contributed by atoms with Crippen molar-refractivity contribution in [2.45, 2.75) is 24.7 Å². The van der Waals surface area contributed by atoms with Gasteiger partial charge in [-0.2, -0.15) is 30.6 Å². The molecule has 186 valence electrons. The van der Waals surface area contributed by atoms with E-state index >= 15 is 0 Å². The monoisotopic (exact) mass is 548 g/mol. The summed E-state index contributed by atoms with van der Waals surface area (Å²) in [6.07, 6.45) is -3.39. The number of carbonyl (C=O) groups excluding carboxylic acids is 1. The number of benzene rings is 1. The molecule has 0 bridgehead atoms. The van der Waals surface area contributed by atoms with Crippen molar-refractivity contribution in [1.29, 1.82) is 0 Å². The topological polar surface area (TPSA) is 91.4 Å². The summed E-state index contributed by atoms with van der Waals surface area (Å²) in [6, 6.07) is 5.53. The Balaban J connectivity index is 1.55. The van der Waals surface area contributed by atoms with Gasteiger partial charge < -0.3 is 5.32 Å². The van der Waals surface area contributed by atoms with E-state index in [1.807, 2.05) is 0 Å². The Bertz CT molecular complexity index is 1360. The van der Waals surface area contributed by atoms with Crippen LogP contribution in [-0.4, -0.2) is 36.7 Å². The Labute approximate surface area is 206 Å². The first-order valence-corrected chi connectivity index (χ1v) is 12.7. The molecule has 7 nitrogen and oxygen atoms in total. The summed E-state index contributed by atoms with van der Waals surface area (Å²) in [5.74, 6) is -1.29. The van der Waals surface area contributed by atoms with Gasteiger partial charge in [-0.05, 0) is 47.7 Å². The van der Waals surface area contributed by atoms with Crippen LogP contribution in [0.15, 0.2) is 48.0 Å². The lowest BCUT2D eigenvalue weighted by molar-refractivity contribution is -0.141. The van der Waals surface area contributed by atoms with Gasteiger partial charge in [0.1, 0.15) is 17.6 Å². The van der Waals surface area contributed by atoms with Crippen molar-refractivity contribution in [2.75, 3.05) is 12.4 Å². The molecule has 2 atom stereocenters. The number of hydrogen-bond acceptors (Lipinski definition) is 5. The standard InChI is InChI=1S/C21H17ClF4N4O3S2/c1-30-17(20(31)28-13-3-4-15(23)14(22)7-13)8-16(29-35(30,32)33)18-6-12(10-34-18)11-2-5-19(27-9-11)21(24,25)26/h2-7,9-10,16-17,29H,8H2,1H3,(H,28,31). The zero-order valence-corrected chi connectivity index (χ0v) is 20.2. The number of rotatable bonds is 4. The molecule has 1 amide bonds. The molecule has 1 aliphatic heterocycles. The largest absolute Gasteiger partial charge is 0.433 e. The fourth-order valence-electron chi connectivity index (χ4n) is 3.52. The molecule has 0 spiro atoms. The highest BCUT2D eigenvalue weighted by molar-refractivity contribution is 7.87. The highest BCUT2D eigenvalue weighted by Gasteiger charge is 2.41. The predicted octanol–water partition coefficient (Wildman–Crippen LogP) is 4.84. The molecule has 35 heavy (non-hydrogen) atoms. The molecule has 4 rings (SSSR count). The molecular formula is C21H17ClF4N4O3S2. The molecule has 1 aliphatic rings. The van der Waals surface area contributed by atoms with E-state index in [1.54, 1.807) is 11.4 Å². The van der Waals surface area contributed by atoms with Gasteiger partial charge in [0.15, 0.2) is 0 Å². The second-order valence-corrected chi connectivity index (χ2v) is 10.8. The van der Waals surface area contributed by atoms with Gasteiger partial charge in [0.05, 0.1) is 11.1 Å². The number of pyridine rings is 1. The summed E-state index contributed by atoms with van der Waals surface area (Å²) in [6.45, 7) is 0. The van der Waals surface area contributed by atoms with Gasteiger partial charge in [-0.3, -0.25) is 9.78 Å². The third-order valence-electron chi connectivity index (χ3n) is 5.41. The van der Waals surface area contributed by atoms with Crippen LogP contribution in [0.4, 0.5) is 23.2 Å². The van der Waals surface area contributed by atoms with Crippen LogP contribution in [0, 0.1) is 5.82 Å². The molecule has 0 saturated carbocycles. The van der Waals surface area contributed by atoms with Gasteiger partial charge in [0, 0.05) is 29.4 Å². The van der Waals surface area contributed by atoms with Gasteiger partial charge in [-0.1, -0.05) is 17.7 Å². The van der Waals surface area contributed by atoms with Crippen molar-refractivity contribution in [3.05, 3.63) is 69.4 Å². The number of nitrogens with one attached hydrogen (secondary N) is 2. The Morgan fingerprint density at radius 1 is 1.23 bits per heavy atom. The highest BCUT2D eigenvalue weighted by Crippen LogP contribution is 2.36. The Morgan fingerprint density at radius 2 is 1.97 bits per heavy atom. The lowest BCUT2D eigenvalue weighted by Crippen LogP contribution is -2.55. The summed E-state index contributed by atoms with van der Waals surface area (Å²) >= 11 is 6.94. The summed E-state index contributed by atoms with van der Waals surface area (Å²) in [5.41, 5.74) is 0.177.